The van der Waals surface area contributed by atoms with E-state index in [9.17, 15) is 14.4 Å². The lowest BCUT2D eigenvalue weighted by Gasteiger charge is -2.24. The average Bonchev–Trinajstić information content (AvgIpc) is 2.36. The number of hydrogen-bond acceptors (Lipinski definition) is 3. The highest BCUT2D eigenvalue weighted by atomic mass is 79.9. The first-order chi connectivity index (χ1) is 9.06. The largest absolute Gasteiger partial charge is 0.321 e. The standard InChI is InChI=1S/C13H11BrN2O3/c14-10-4-2-1-3-9(10)5-6-13(19)16-7-11(17)15-12(18)8-16/h1-6H,7-8H2,(H,15,17,18). The van der Waals surface area contributed by atoms with Crippen LogP contribution in [0, 0.1) is 0 Å². The highest BCUT2D eigenvalue weighted by Crippen LogP contribution is 2.17. The highest BCUT2D eigenvalue weighted by Gasteiger charge is 2.24. The molecule has 0 spiro atoms. The van der Waals surface area contributed by atoms with Gasteiger partial charge >= 0.3 is 0 Å². The zero-order valence-electron chi connectivity index (χ0n) is 9.93. The summed E-state index contributed by atoms with van der Waals surface area (Å²) in [6.45, 7) is -0.185. The van der Waals surface area contributed by atoms with Gasteiger partial charge in [0.1, 0.15) is 13.1 Å². The second-order valence-electron chi connectivity index (χ2n) is 4.02. The fourth-order valence-electron chi connectivity index (χ4n) is 1.67. The second-order valence-corrected chi connectivity index (χ2v) is 4.87. The number of piperazine rings is 1. The predicted octanol–water partition coefficient (Wildman–Crippen LogP) is 0.947. The van der Waals surface area contributed by atoms with Gasteiger partial charge in [-0.3, -0.25) is 19.7 Å². The van der Waals surface area contributed by atoms with E-state index in [1.165, 1.54) is 11.0 Å². The van der Waals surface area contributed by atoms with Gasteiger partial charge in [0.2, 0.25) is 17.7 Å². The maximum Gasteiger partial charge on any atom is 0.247 e. The molecule has 1 aliphatic heterocycles. The molecule has 1 heterocycles. The highest BCUT2D eigenvalue weighted by molar-refractivity contribution is 9.10. The van der Waals surface area contributed by atoms with Gasteiger partial charge in [-0.25, -0.2) is 0 Å². The van der Waals surface area contributed by atoms with Crippen molar-refractivity contribution >= 4 is 39.7 Å². The number of hydrogen-bond donors (Lipinski definition) is 1. The Balaban J connectivity index is 2.07. The molecule has 5 nitrogen and oxygen atoms in total. The fraction of sp³-hybridized carbons (Fsp3) is 0.154. The van der Waals surface area contributed by atoms with Crippen LogP contribution in [-0.2, 0) is 14.4 Å². The fourth-order valence-corrected chi connectivity index (χ4v) is 2.09. The SMILES string of the molecule is O=C1CN(C(=O)C=Cc2ccccc2Br)CC(=O)N1. The summed E-state index contributed by atoms with van der Waals surface area (Å²) in [5.41, 5.74) is 0.851. The van der Waals surface area contributed by atoms with E-state index >= 15 is 0 Å². The summed E-state index contributed by atoms with van der Waals surface area (Å²) in [5.74, 6) is -1.28. The molecule has 6 heteroatoms. The number of imide groups is 1. The van der Waals surface area contributed by atoms with Gasteiger partial charge in [-0.05, 0) is 17.7 Å². The summed E-state index contributed by atoms with van der Waals surface area (Å²) in [7, 11) is 0. The van der Waals surface area contributed by atoms with Crippen LogP contribution in [0.1, 0.15) is 5.56 Å². The van der Waals surface area contributed by atoms with Crippen LogP contribution in [0.25, 0.3) is 6.08 Å². The number of carbonyl (C=O) groups is 3. The van der Waals surface area contributed by atoms with Gasteiger partial charge in [-0.15, -0.1) is 0 Å². The number of benzene rings is 1. The van der Waals surface area contributed by atoms with Crippen molar-refractivity contribution in [3.63, 3.8) is 0 Å². The Bertz CT molecular complexity index is 553. The van der Waals surface area contributed by atoms with Crippen LogP contribution in [0.4, 0.5) is 0 Å². The lowest BCUT2D eigenvalue weighted by atomic mass is 10.2. The summed E-state index contributed by atoms with van der Waals surface area (Å²) in [4.78, 5) is 35.4. The van der Waals surface area contributed by atoms with Crippen molar-refractivity contribution in [3.8, 4) is 0 Å². The van der Waals surface area contributed by atoms with Gasteiger partial charge in [0.15, 0.2) is 0 Å². The Morgan fingerprint density at radius 3 is 2.47 bits per heavy atom. The van der Waals surface area contributed by atoms with E-state index in [1.54, 1.807) is 6.08 Å². The average molecular weight is 323 g/mol. The van der Waals surface area contributed by atoms with E-state index in [1.807, 2.05) is 24.3 Å². The molecule has 1 aromatic rings. The molecule has 3 amide bonds. The molecule has 0 aliphatic carbocycles. The predicted molar refractivity (Wildman–Crippen MR) is 72.9 cm³/mol. The smallest absolute Gasteiger partial charge is 0.247 e. The molecule has 0 bridgehead atoms. The first-order valence-electron chi connectivity index (χ1n) is 5.60. The van der Waals surface area contributed by atoms with E-state index in [4.69, 9.17) is 0 Å². The molecule has 2 rings (SSSR count). The van der Waals surface area contributed by atoms with Crippen LogP contribution in [0.2, 0.25) is 0 Å². The number of carbonyl (C=O) groups excluding carboxylic acids is 3. The van der Waals surface area contributed by atoms with Crippen molar-refractivity contribution in [2.24, 2.45) is 0 Å². The minimum Gasteiger partial charge on any atom is -0.321 e. The Labute approximate surface area is 118 Å². The zero-order chi connectivity index (χ0) is 13.8. The lowest BCUT2D eigenvalue weighted by Crippen LogP contribution is -2.52. The van der Waals surface area contributed by atoms with E-state index in [0.29, 0.717) is 0 Å². The van der Waals surface area contributed by atoms with Crippen molar-refractivity contribution in [3.05, 3.63) is 40.4 Å². The van der Waals surface area contributed by atoms with E-state index in [-0.39, 0.29) is 19.0 Å². The van der Waals surface area contributed by atoms with Crippen molar-refractivity contribution in [2.45, 2.75) is 0 Å². The molecular weight excluding hydrogens is 312 g/mol. The van der Waals surface area contributed by atoms with Gasteiger partial charge in [0, 0.05) is 10.5 Å². The van der Waals surface area contributed by atoms with E-state index < -0.39 is 11.8 Å². The van der Waals surface area contributed by atoms with Crippen molar-refractivity contribution in [2.75, 3.05) is 13.1 Å². The molecule has 0 atom stereocenters. The number of nitrogens with zero attached hydrogens (tertiary/aromatic N) is 1. The molecule has 98 valence electrons. The van der Waals surface area contributed by atoms with Crippen LogP contribution < -0.4 is 5.32 Å². The topological polar surface area (TPSA) is 66.5 Å². The molecular formula is C13H11BrN2O3. The lowest BCUT2D eigenvalue weighted by molar-refractivity contribution is -0.143. The van der Waals surface area contributed by atoms with Crippen LogP contribution in [0.15, 0.2) is 34.8 Å². The zero-order valence-corrected chi connectivity index (χ0v) is 11.5. The number of nitrogens with one attached hydrogen (secondary N) is 1. The monoisotopic (exact) mass is 322 g/mol. The molecule has 0 saturated carbocycles. The van der Waals surface area contributed by atoms with Crippen LogP contribution >= 0.6 is 15.9 Å². The molecule has 1 fully saturated rings. The third kappa shape index (κ3) is 3.51. The number of amides is 3. The minimum atomic E-state index is -0.459. The molecule has 0 aromatic heterocycles. The molecule has 1 N–H and O–H groups in total. The number of rotatable bonds is 2. The first-order valence-corrected chi connectivity index (χ1v) is 6.40. The summed E-state index contributed by atoms with van der Waals surface area (Å²) < 4.78 is 0.867. The van der Waals surface area contributed by atoms with E-state index in [2.05, 4.69) is 21.2 Å². The Hall–Kier alpha value is -1.95. The van der Waals surface area contributed by atoms with Crippen LogP contribution in [0.3, 0.4) is 0 Å². The third-order valence-corrected chi connectivity index (χ3v) is 3.29. The normalized spacial score (nSPS) is 15.7. The molecule has 19 heavy (non-hydrogen) atoms. The van der Waals surface area contributed by atoms with Crippen LogP contribution in [-0.4, -0.2) is 35.7 Å². The van der Waals surface area contributed by atoms with Crippen LogP contribution in [0.5, 0.6) is 0 Å². The molecule has 1 aliphatic rings. The minimum absolute atomic E-state index is 0.0924. The first kappa shape index (κ1) is 13.5. The Morgan fingerprint density at radius 1 is 1.21 bits per heavy atom. The summed E-state index contributed by atoms with van der Waals surface area (Å²) in [5, 5.41) is 2.14. The summed E-state index contributed by atoms with van der Waals surface area (Å²) >= 11 is 3.37. The quantitative estimate of drug-likeness (QED) is 0.651. The maximum atomic E-state index is 11.9. The number of halogens is 1. The summed E-state index contributed by atoms with van der Waals surface area (Å²) in [6.07, 6.45) is 3.00. The van der Waals surface area contributed by atoms with Crippen molar-refractivity contribution in [1.29, 1.82) is 0 Å². The van der Waals surface area contributed by atoms with Gasteiger partial charge in [-0.1, -0.05) is 34.1 Å². The third-order valence-electron chi connectivity index (χ3n) is 2.57. The Morgan fingerprint density at radius 2 is 1.84 bits per heavy atom. The molecule has 0 radical (unpaired) electrons. The second kappa shape index (κ2) is 5.79. The molecule has 1 aromatic carbocycles. The van der Waals surface area contributed by atoms with Gasteiger partial charge < -0.3 is 4.90 Å². The van der Waals surface area contributed by atoms with E-state index in [0.717, 1.165) is 10.0 Å². The molecule has 1 saturated heterocycles. The van der Waals surface area contributed by atoms with Crippen molar-refractivity contribution < 1.29 is 14.4 Å². The van der Waals surface area contributed by atoms with Gasteiger partial charge in [0.05, 0.1) is 0 Å². The molecule has 0 unspecified atom stereocenters. The summed E-state index contributed by atoms with van der Waals surface area (Å²) in [6, 6.07) is 7.44. The maximum absolute atomic E-state index is 11.9. The van der Waals surface area contributed by atoms with Crippen molar-refractivity contribution in [1.82, 2.24) is 10.2 Å². The Kier molecular flexibility index (Phi) is 4.11. The van der Waals surface area contributed by atoms with Gasteiger partial charge in [-0.2, -0.15) is 0 Å². The van der Waals surface area contributed by atoms with Gasteiger partial charge in [0.25, 0.3) is 0 Å².